The summed E-state index contributed by atoms with van der Waals surface area (Å²) >= 11 is 0. The van der Waals surface area contributed by atoms with E-state index in [0.717, 1.165) is 19.3 Å². The van der Waals surface area contributed by atoms with Gasteiger partial charge in [0.05, 0.1) is 6.61 Å². The van der Waals surface area contributed by atoms with Gasteiger partial charge in [-0.05, 0) is 65.6 Å². The number of hydrogen-bond acceptors (Lipinski definition) is 6. The van der Waals surface area contributed by atoms with Crippen LogP contribution in [0.4, 0.5) is 0 Å². The lowest BCUT2D eigenvalue weighted by atomic mass is 10.1. The molecular weight excluding hydrogens is 454 g/mol. The average molecular weight is 514 g/mol. The van der Waals surface area contributed by atoms with Crippen molar-refractivity contribution in [3.05, 3.63) is 0 Å². The molecule has 0 heterocycles. The number of esters is 2. The van der Waals surface area contributed by atoms with Crippen LogP contribution in [0.15, 0.2) is 0 Å². The van der Waals surface area contributed by atoms with E-state index in [-0.39, 0.29) is 34.9 Å². The minimum Gasteiger partial charge on any atom is -0.456 e. The van der Waals surface area contributed by atoms with Crippen molar-refractivity contribution in [2.24, 2.45) is 0 Å². The van der Waals surface area contributed by atoms with Crippen molar-refractivity contribution in [2.45, 2.75) is 90.1 Å². The van der Waals surface area contributed by atoms with E-state index in [1.54, 1.807) is 0 Å². The van der Waals surface area contributed by atoms with Gasteiger partial charge in [0, 0.05) is 28.0 Å². The topological polar surface area (TPSA) is 108 Å². The molecular formula is C30H59NO5. The Labute approximate surface area is 233 Å². The molecule has 0 amide bonds. The third-order valence-electron chi connectivity index (χ3n) is 4.62. The number of unbranched alkanes of at least 4 members (excludes halogenated alkanes) is 10. The summed E-state index contributed by atoms with van der Waals surface area (Å²) in [5, 5.41) is 9.34. The highest BCUT2D eigenvalue weighted by atomic mass is 16.6. The fourth-order valence-electron chi connectivity index (χ4n) is 2.84. The number of carbonyl (C=O) groups is 2. The lowest BCUT2D eigenvalue weighted by Gasteiger charge is -2.14. The standard InChI is InChI=1S/C30H34O5.H3N.11H2/c1-3-5-7-9-11-13-15-17-19-21-23-25-30(33)35-28(26-31)27-34-29(32)24-22-20-18-16-14-12-10-8-6-4-2;;;;;;;;;;;;/h2,28,31H,3,5,7,9,11,13,15,17,19,21,23,25-27H2,1H3;1H3;11*1H/t28-;;;;;;;;;;;;/m0............/s1. The molecule has 0 aromatic rings. The first-order chi connectivity index (χ1) is 17.1. The summed E-state index contributed by atoms with van der Waals surface area (Å²) in [5.41, 5.74) is 0. The van der Waals surface area contributed by atoms with Crippen molar-refractivity contribution < 1.29 is 39.9 Å². The highest BCUT2D eigenvalue weighted by Gasteiger charge is 2.15. The van der Waals surface area contributed by atoms with Crippen LogP contribution < -0.4 is 6.15 Å². The summed E-state index contributed by atoms with van der Waals surface area (Å²) in [4.78, 5) is 23.5. The second-order valence-electron chi connectivity index (χ2n) is 7.57. The maximum atomic E-state index is 11.9. The molecule has 0 aromatic heterocycles. The fourth-order valence-corrected chi connectivity index (χ4v) is 2.84. The SMILES string of the molecule is C#CC#CC#CC#CC#CC#CC(=O)OC[C@H](CO)OC(=O)CCCCCCCCCCCCC.N.[HH].[HH].[HH].[HH].[HH].[HH].[HH].[HH].[HH].[HH].[HH]. The predicted molar refractivity (Wildman–Crippen MR) is 165 cm³/mol. The average Bonchev–Trinajstić information content (AvgIpc) is 2.86. The first-order valence-electron chi connectivity index (χ1n) is 12.1. The first kappa shape index (κ1) is 34.4. The molecule has 0 rings (SSSR count). The van der Waals surface area contributed by atoms with Gasteiger partial charge in [-0.25, -0.2) is 4.79 Å². The van der Waals surface area contributed by atoms with Gasteiger partial charge in [0.25, 0.3) is 0 Å². The number of ether oxygens (including phenoxy) is 2. The number of aliphatic hydroxyl groups is 1. The van der Waals surface area contributed by atoms with Crippen LogP contribution >= 0.6 is 0 Å². The van der Waals surface area contributed by atoms with E-state index in [9.17, 15) is 14.7 Å². The maximum Gasteiger partial charge on any atom is 0.385 e. The van der Waals surface area contributed by atoms with Gasteiger partial charge in [-0.1, -0.05) is 71.1 Å². The molecule has 6 nitrogen and oxygen atoms in total. The normalized spacial score (nSPS) is 9.14. The lowest BCUT2D eigenvalue weighted by molar-refractivity contribution is -0.159. The van der Waals surface area contributed by atoms with E-state index >= 15 is 0 Å². The summed E-state index contributed by atoms with van der Waals surface area (Å²) in [6, 6.07) is 0. The number of aliphatic hydroxyl groups excluding tert-OH is 1. The van der Waals surface area contributed by atoms with Gasteiger partial charge >= 0.3 is 11.9 Å². The number of rotatable bonds is 16. The van der Waals surface area contributed by atoms with Gasteiger partial charge in [-0.3, -0.25) is 4.79 Å². The molecule has 36 heavy (non-hydrogen) atoms. The molecule has 1 atom stereocenters. The molecule has 0 fully saturated rings. The highest BCUT2D eigenvalue weighted by molar-refractivity contribution is 5.89. The van der Waals surface area contributed by atoms with Crippen molar-refractivity contribution in [1.82, 2.24) is 6.15 Å². The Bertz CT molecular complexity index is 1020. The van der Waals surface area contributed by atoms with Crippen molar-refractivity contribution in [1.29, 1.82) is 0 Å². The smallest absolute Gasteiger partial charge is 0.385 e. The van der Waals surface area contributed by atoms with Gasteiger partial charge in [-0.15, -0.1) is 6.42 Å². The quantitative estimate of drug-likeness (QED) is 0.103. The molecule has 0 unspecified atom stereocenters. The largest absolute Gasteiger partial charge is 0.456 e. The minimum atomic E-state index is -0.922. The summed E-state index contributed by atoms with van der Waals surface area (Å²) in [7, 11) is 0. The Balaban J connectivity index is -0.0000000876. The number of terminal acetylenes is 1. The van der Waals surface area contributed by atoms with Crippen LogP contribution in [-0.4, -0.2) is 36.4 Å². The molecule has 0 aliphatic heterocycles. The lowest BCUT2D eigenvalue weighted by Crippen LogP contribution is -2.28. The zero-order valence-corrected chi connectivity index (χ0v) is 21.3. The molecule has 0 saturated heterocycles. The maximum absolute atomic E-state index is 11.9. The van der Waals surface area contributed by atoms with Crippen molar-refractivity contribution in [3.63, 3.8) is 0 Å². The van der Waals surface area contributed by atoms with Gasteiger partial charge in [0.2, 0.25) is 0 Å². The van der Waals surface area contributed by atoms with Crippen LogP contribution in [0.3, 0.4) is 0 Å². The van der Waals surface area contributed by atoms with Gasteiger partial charge < -0.3 is 20.7 Å². The zero-order chi connectivity index (χ0) is 25.8. The molecule has 0 saturated carbocycles. The van der Waals surface area contributed by atoms with Gasteiger partial charge in [0.15, 0.2) is 6.10 Å². The molecule has 0 radical (unpaired) electrons. The van der Waals surface area contributed by atoms with E-state index in [2.05, 4.69) is 72.0 Å². The highest BCUT2D eigenvalue weighted by Crippen LogP contribution is 2.12. The van der Waals surface area contributed by atoms with Crippen LogP contribution in [-0.2, 0) is 19.1 Å². The Morgan fingerprint density at radius 1 is 0.778 bits per heavy atom. The number of hydrogen-bond donors (Lipinski definition) is 2. The van der Waals surface area contributed by atoms with Gasteiger partial charge in [-0.2, -0.15) is 0 Å². The summed E-state index contributed by atoms with van der Waals surface area (Å²) in [6.07, 6.45) is 17.4. The molecule has 0 aliphatic carbocycles. The van der Waals surface area contributed by atoms with Gasteiger partial charge in [0.1, 0.15) is 6.61 Å². The second kappa shape index (κ2) is 27.5. The molecule has 0 aromatic carbocycles. The molecule has 214 valence electrons. The van der Waals surface area contributed by atoms with E-state index in [4.69, 9.17) is 15.9 Å². The second-order valence-corrected chi connectivity index (χ2v) is 7.57. The van der Waals surface area contributed by atoms with Crippen molar-refractivity contribution in [3.8, 4) is 71.5 Å². The Hall–Kier alpha value is -3.78. The zero-order valence-electron chi connectivity index (χ0n) is 21.3. The van der Waals surface area contributed by atoms with Crippen molar-refractivity contribution >= 4 is 11.9 Å². The molecule has 0 bridgehead atoms. The Morgan fingerprint density at radius 2 is 1.25 bits per heavy atom. The monoisotopic (exact) mass is 513 g/mol. The molecule has 0 spiro atoms. The first-order valence-corrected chi connectivity index (χ1v) is 12.1. The number of carbonyl (C=O) groups excluding carboxylic acids is 2. The third-order valence-corrected chi connectivity index (χ3v) is 4.62. The third kappa shape index (κ3) is 24.9. The van der Waals surface area contributed by atoms with Crippen LogP contribution in [0.25, 0.3) is 0 Å². The van der Waals surface area contributed by atoms with Crippen LogP contribution in [0.5, 0.6) is 0 Å². The van der Waals surface area contributed by atoms with E-state index < -0.39 is 24.6 Å². The summed E-state index contributed by atoms with van der Waals surface area (Å²) < 4.78 is 10.0. The van der Waals surface area contributed by atoms with Crippen LogP contribution in [0, 0.1) is 71.5 Å². The van der Waals surface area contributed by atoms with Crippen LogP contribution in [0.2, 0.25) is 0 Å². The molecule has 0 aliphatic rings. The van der Waals surface area contributed by atoms with Crippen LogP contribution in [0.1, 0.15) is 99.7 Å². The molecule has 6 heteroatoms. The van der Waals surface area contributed by atoms with E-state index in [0.29, 0.717) is 0 Å². The fraction of sp³-hybridized carbons (Fsp3) is 0.533. The van der Waals surface area contributed by atoms with E-state index in [1.165, 1.54) is 51.4 Å². The summed E-state index contributed by atoms with van der Waals surface area (Å²) in [6.45, 7) is 1.49. The summed E-state index contributed by atoms with van der Waals surface area (Å²) in [5.74, 6) is 24.4. The van der Waals surface area contributed by atoms with Crippen molar-refractivity contribution in [2.75, 3.05) is 13.2 Å². The molecule has 4 N–H and O–H groups in total. The van der Waals surface area contributed by atoms with E-state index in [1.807, 2.05) is 0 Å². The minimum absolute atomic E-state index is 0. The Morgan fingerprint density at radius 3 is 1.75 bits per heavy atom. The predicted octanol–water partition coefficient (Wildman–Crippen LogP) is 6.65. The Kier molecular flexibility index (Phi) is 26.2.